The van der Waals surface area contributed by atoms with Crippen molar-refractivity contribution in [2.75, 3.05) is 19.6 Å². The van der Waals surface area contributed by atoms with Crippen molar-refractivity contribution in [3.8, 4) is 0 Å². The van der Waals surface area contributed by atoms with Crippen molar-refractivity contribution < 1.29 is 22.4 Å². The molecule has 2 aromatic carbocycles. The summed E-state index contributed by atoms with van der Waals surface area (Å²) >= 11 is 5.80. The van der Waals surface area contributed by atoms with Crippen molar-refractivity contribution in [2.45, 2.75) is 17.9 Å². The molecule has 0 atom stereocenters. The van der Waals surface area contributed by atoms with Crippen LogP contribution in [0.15, 0.2) is 82.3 Å². The van der Waals surface area contributed by atoms with Crippen molar-refractivity contribution in [3.63, 3.8) is 0 Å². The number of sulfonamides is 1. The van der Waals surface area contributed by atoms with E-state index < -0.39 is 22.5 Å². The van der Waals surface area contributed by atoms with E-state index in [2.05, 4.69) is 10.0 Å². The number of amides is 2. The maximum Gasteiger partial charge on any atom is 0.241 e. The van der Waals surface area contributed by atoms with E-state index in [1.54, 1.807) is 12.1 Å². The molecule has 0 saturated heterocycles. The first-order chi connectivity index (χ1) is 15.8. The molecule has 0 unspecified atom stereocenters. The number of nitrogens with one attached hydrogen (secondary N) is 2. The van der Waals surface area contributed by atoms with Gasteiger partial charge in [-0.15, -0.1) is 0 Å². The number of furan rings is 1. The van der Waals surface area contributed by atoms with Crippen molar-refractivity contribution in [1.29, 1.82) is 0 Å². The van der Waals surface area contributed by atoms with E-state index in [9.17, 15) is 18.0 Å². The molecule has 1 aromatic heterocycles. The van der Waals surface area contributed by atoms with Gasteiger partial charge in [-0.1, -0.05) is 41.9 Å². The summed E-state index contributed by atoms with van der Waals surface area (Å²) in [5.41, 5.74) is 1.08. The molecule has 2 N–H and O–H groups in total. The minimum Gasteiger partial charge on any atom is -0.467 e. The summed E-state index contributed by atoms with van der Waals surface area (Å²) in [5, 5.41) is 3.18. The van der Waals surface area contributed by atoms with Gasteiger partial charge in [0.05, 0.1) is 24.2 Å². The number of carbonyl (C=O) groups is 2. The fraction of sp³-hybridized carbons (Fsp3) is 0.217. The summed E-state index contributed by atoms with van der Waals surface area (Å²) in [6.07, 6.45) is 2.11. The van der Waals surface area contributed by atoms with Crippen LogP contribution in [0.5, 0.6) is 0 Å². The topological polar surface area (TPSA) is 109 Å². The van der Waals surface area contributed by atoms with E-state index in [0.29, 0.717) is 23.7 Å². The highest BCUT2D eigenvalue weighted by Gasteiger charge is 2.22. The van der Waals surface area contributed by atoms with Gasteiger partial charge in [-0.25, -0.2) is 13.1 Å². The molecule has 0 saturated carbocycles. The van der Waals surface area contributed by atoms with Gasteiger partial charge in [0.15, 0.2) is 0 Å². The minimum atomic E-state index is -3.92. The first-order valence-corrected chi connectivity index (χ1v) is 12.1. The second-order valence-electron chi connectivity index (χ2n) is 7.19. The lowest BCUT2D eigenvalue weighted by molar-refractivity contribution is -0.135. The molecule has 1 heterocycles. The maximum atomic E-state index is 12.8. The second kappa shape index (κ2) is 11.6. The number of hydrogen-bond acceptors (Lipinski definition) is 5. The van der Waals surface area contributed by atoms with Crippen LogP contribution in [-0.4, -0.2) is 44.8 Å². The average Bonchev–Trinajstić information content (AvgIpc) is 3.31. The summed E-state index contributed by atoms with van der Waals surface area (Å²) < 4.78 is 32.5. The third kappa shape index (κ3) is 7.74. The van der Waals surface area contributed by atoms with Crippen molar-refractivity contribution in [3.05, 3.63) is 89.3 Å². The molecular weight excluding hydrogens is 466 g/mol. The predicted molar refractivity (Wildman–Crippen MR) is 124 cm³/mol. The monoisotopic (exact) mass is 489 g/mol. The molecule has 0 bridgehead atoms. The van der Waals surface area contributed by atoms with Gasteiger partial charge in [-0.05, 0) is 48.4 Å². The molecule has 3 rings (SSSR count). The smallest absolute Gasteiger partial charge is 0.241 e. The summed E-state index contributed by atoms with van der Waals surface area (Å²) in [5.74, 6) is -0.450. The van der Waals surface area contributed by atoms with Crippen molar-refractivity contribution >= 4 is 33.4 Å². The highest BCUT2D eigenvalue weighted by Crippen LogP contribution is 2.14. The molecular formula is C23H24ClN3O5S. The molecule has 174 valence electrons. The third-order valence-corrected chi connectivity index (χ3v) is 6.40. The molecule has 0 aliphatic carbocycles. The maximum absolute atomic E-state index is 12.8. The largest absolute Gasteiger partial charge is 0.467 e. The van der Waals surface area contributed by atoms with Crippen LogP contribution in [0.25, 0.3) is 0 Å². The summed E-state index contributed by atoms with van der Waals surface area (Å²) in [6.45, 7) is -0.310. The van der Waals surface area contributed by atoms with Gasteiger partial charge < -0.3 is 14.6 Å². The van der Waals surface area contributed by atoms with Gasteiger partial charge in [-0.3, -0.25) is 9.59 Å². The number of benzene rings is 2. The van der Waals surface area contributed by atoms with Gasteiger partial charge >= 0.3 is 0 Å². The van der Waals surface area contributed by atoms with E-state index in [-0.39, 0.29) is 23.9 Å². The highest BCUT2D eigenvalue weighted by atomic mass is 35.5. The van der Waals surface area contributed by atoms with Crippen LogP contribution in [0, 0.1) is 0 Å². The number of hydrogen-bond donors (Lipinski definition) is 2. The number of rotatable bonds is 11. The van der Waals surface area contributed by atoms with Gasteiger partial charge in [0.2, 0.25) is 21.8 Å². The lowest BCUT2D eigenvalue weighted by atomic mass is 10.1. The molecule has 0 radical (unpaired) electrons. The first kappa shape index (κ1) is 24.5. The SMILES string of the molecule is O=C(CN(Cc1ccco1)C(=O)CNS(=O)(=O)c1ccc(Cl)cc1)NCCc1ccccc1. The van der Waals surface area contributed by atoms with Crippen molar-refractivity contribution in [2.24, 2.45) is 0 Å². The Morgan fingerprint density at radius 2 is 1.70 bits per heavy atom. The lowest BCUT2D eigenvalue weighted by Crippen LogP contribution is -2.45. The van der Waals surface area contributed by atoms with Crippen LogP contribution in [0.4, 0.5) is 0 Å². The van der Waals surface area contributed by atoms with Crippen LogP contribution in [0.3, 0.4) is 0 Å². The van der Waals surface area contributed by atoms with Crippen LogP contribution >= 0.6 is 11.6 Å². The molecule has 33 heavy (non-hydrogen) atoms. The molecule has 0 fully saturated rings. The predicted octanol–water partition coefficient (Wildman–Crippen LogP) is 2.60. The van der Waals surface area contributed by atoms with Gasteiger partial charge in [0, 0.05) is 11.6 Å². The average molecular weight is 490 g/mol. The van der Waals surface area contributed by atoms with Crippen molar-refractivity contribution in [1.82, 2.24) is 14.9 Å². The van der Waals surface area contributed by atoms with Crippen LogP contribution in [0.1, 0.15) is 11.3 Å². The summed E-state index contributed by atoms with van der Waals surface area (Å²) in [6, 6.07) is 18.6. The molecule has 2 amide bonds. The summed E-state index contributed by atoms with van der Waals surface area (Å²) in [7, 11) is -3.92. The highest BCUT2D eigenvalue weighted by molar-refractivity contribution is 7.89. The van der Waals surface area contributed by atoms with E-state index in [1.165, 1.54) is 35.4 Å². The van der Waals surface area contributed by atoms with Gasteiger partial charge in [0.25, 0.3) is 0 Å². The van der Waals surface area contributed by atoms with Gasteiger partial charge in [0.1, 0.15) is 12.3 Å². The Kier molecular flexibility index (Phi) is 8.65. The first-order valence-electron chi connectivity index (χ1n) is 10.2. The Bertz CT molecular complexity index is 1150. The van der Waals surface area contributed by atoms with E-state index in [0.717, 1.165) is 5.56 Å². The Hall–Kier alpha value is -3.14. The zero-order valence-corrected chi connectivity index (χ0v) is 19.3. The minimum absolute atomic E-state index is 0.0176. The van der Waals surface area contributed by atoms with E-state index in [1.807, 2.05) is 30.3 Å². The Labute approximate surface area is 197 Å². The number of halogens is 1. The zero-order chi connectivity index (χ0) is 23.7. The van der Waals surface area contributed by atoms with E-state index >= 15 is 0 Å². The zero-order valence-electron chi connectivity index (χ0n) is 17.7. The lowest BCUT2D eigenvalue weighted by Gasteiger charge is -2.21. The molecule has 0 aliphatic rings. The second-order valence-corrected chi connectivity index (χ2v) is 9.40. The molecule has 0 aliphatic heterocycles. The molecule has 3 aromatic rings. The standard InChI is InChI=1S/C23H24ClN3O5S/c24-19-8-10-21(11-9-19)33(30,31)26-15-23(29)27(16-20-7-4-14-32-20)17-22(28)25-13-12-18-5-2-1-3-6-18/h1-11,14,26H,12-13,15-17H2,(H,25,28). The fourth-order valence-corrected chi connectivity index (χ4v) is 4.11. The molecule has 0 spiro atoms. The fourth-order valence-electron chi connectivity index (χ4n) is 3.01. The van der Waals surface area contributed by atoms with Crippen LogP contribution in [0.2, 0.25) is 5.02 Å². The molecule has 10 heteroatoms. The Morgan fingerprint density at radius 1 is 0.970 bits per heavy atom. The number of carbonyl (C=O) groups excluding carboxylic acids is 2. The quantitative estimate of drug-likeness (QED) is 0.430. The summed E-state index contributed by atoms with van der Waals surface area (Å²) in [4.78, 5) is 26.5. The van der Waals surface area contributed by atoms with E-state index in [4.69, 9.17) is 16.0 Å². The van der Waals surface area contributed by atoms with Gasteiger partial charge in [-0.2, -0.15) is 0 Å². The van der Waals surface area contributed by atoms with Crippen LogP contribution in [-0.2, 0) is 32.6 Å². The Balaban J connectivity index is 1.58. The third-order valence-electron chi connectivity index (χ3n) is 4.73. The molecule has 8 nitrogen and oxygen atoms in total. The normalized spacial score (nSPS) is 11.2. The van der Waals surface area contributed by atoms with Crippen LogP contribution < -0.4 is 10.0 Å². The Morgan fingerprint density at radius 3 is 2.36 bits per heavy atom. The number of nitrogens with zero attached hydrogens (tertiary/aromatic N) is 1.